The van der Waals surface area contributed by atoms with Crippen LogP contribution in [-0.4, -0.2) is 49.3 Å². The Kier molecular flexibility index (Phi) is 5.20. The van der Waals surface area contributed by atoms with Gasteiger partial charge in [-0.05, 0) is 24.6 Å². The summed E-state index contributed by atoms with van der Waals surface area (Å²) in [4.78, 5) is 26.8. The number of halogens is 4. The van der Waals surface area contributed by atoms with Crippen molar-refractivity contribution in [2.24, 2.45) is 0 Å². The van der Waals surface area contributed by atoms with Gasteiger partial charge in [0, 0.05) is 48.8 Å². The van der Waals surface area contributed by atoms with Gasteiger partial charge in [0.2, 0.25) is 5.95 Å². The second kappa shape index (κ2) is 8.07. The lowest BCUT2D eigenvalue weighted by Crippen LogP contribution is -2.32. The van der Waals surface area contributed by atoms with Gasteiger partial charge in [-0.1, -0.05) is 11.6 Å². The van der Waals surface area contributed by atoms with E-state index in [0.717, 1.165) is 10.5 Å². The van der Waals surface area contributed by atoms with Crippen LogP contribution in [0.15, 0.2) is 53.7 Å². The predicted octanol–water partition coefficient (Wildman–Crippen LogP) is 4.38. The molecule has 0 radical (unpaired) electrons. The average molecular weight is 477 g/mol. The molecule has 0 aliphatic carbocycles. The predicted molar refractivity (Wildman–Crippen MR) is 113 cm³/mol. The molecule has 1 fully saturated rings. The molecule has 0 aromatic carbocycles. The van der Waals surface area contributed by atoms with Crippen LogP contribution in [0.3, 0.4) is 0 Å². The van der Waals surface area contributed by atoms with Gasteiger partial charge in [-0.25, -0.2) is 15.0 Å². The van der Waals surface area contributed by atoms with Gasteiger partial charge in [0.25, 0.3) is 5.91 Å². The third kappa shape index (κ3) is 3.99. The van der Waals surface area contributed by atoms with E-state index in [9.17, 15) is 18.0 Å². The van der Waals surface area contributed by atoms with Crippen molar-refractivity contribution in [1.82, 2.24) is 24.3 Å². The Hall–Kier alpha value is -3.60. The molecule has 12 heteroatoms. The number of alkyl halides is 3. The zero-order valence-electron chi connectivity index (χ0n) is 16.9. The van der Waals surface area contributed by atoms with Crippen molar-refractivity contribution in [2.75, 3.05) is 18.4 Å². The fourth-order valence-electron chi connectivity index (χ4n) is 3.82. The van der Waals surface area contributed by atoms with Crippen LogP contribution in [-0.2, 0) is 6.18 Å². The maximum absolute atomic E-state index is 13.8. The molecule has 5 heterocycles. The summed E-state index contributed by atoms with van der Waals surface area (Å²) < 4.78 is 47.5. The largest absolute Gasteiger partial charge is 0.472 e. The Morgan fingerprint density at radius 3 is 2.73 bits per heavy atom. The number of carbonyl (C=O) groups excluding carboxylic acids is 1. The molecule has 4 aromatic heterocycles. The number of rotatable bonds is 4. The smallest absolute Gasteiger partial charge is 0.420 e. The topological polar surface area (TPSA) is 88.6 Å². The minimum absolute atomic E-state index is 0.106. The number of hydrogen-bond acceptors (Lipinski definition) is 6. The van der Waals surface area contributed by atoms with E-state index in [0.29, 0.717) is 31.0 Å². The number of amides is 1. The van der Waals surface area contributed by atoms with Crippen molar-refractivity contribution in [3.8, 4) is 11.1 Å². The first-order valence-corrected chi connectivity index (χ1v) is 10.3. The highest BCUT2D eigenvalue weighted by Crippen LogP contribution is 2.37. The standard InChI is InChI=1S/C21H16ClF3N6O2/c22-17-16(19(32)30-6-2-14(10-30)28-20-26-4-1-5-27-20)29-18-15(21(23,24)25)8-13(9-31(17)18)12-3-7-33-11-12/h1,3-5,7-9,11,14H,2,6,10H2,(H,26,27,28). The molecule has 1 atom stereocenters. The molecule has 4 aromatic rings. The van der Waals surface area contributed by atoms with Gasteiger partial charge < -0.3 is 14.6 Å². The molecule has 1 N–H and O–H groups in total. The molecule has 1 amide bonds. The van der Waals surface area contributed by atoms with E-state index < -0.39 is 23.3 Å². The summed E-state index contributed by atoms with van der Waals surface area (Å²) >= 11 is 6.38. The van der Waals surface area contributed by atoms with Crippen LogP contribution < -0.4 is 5.32 Å². The number of imidazole rings is 1. The summed E-state index contributed by atoms with van der Waals surface area (Å²) in [5.41, 5.74) is -0.992. The van der Waals surface area contributed by atoms with Crippen LogP contribution in [0.4, 0.5) is 19.1 Å². The van der Waals surface area contributed by atoms with Crippen molar-refractivity contribution < 1.29 is 22.4 Å². The molecule has 33 heavy (non-hydrogen) atoms. The molecular formula is C21H16ClF3N6O2. The zero-order chi connectivity index (χ0) is 23.2. The van der Waals surface area contributed by atoms with Crippen molar-refractivity contribution in [1.29, 1.82) is 0 Å². The normalized spacial score (nSPS) is 16.5. The number of carbonyl (C=O) groups is 1. The Bertz CT molecular complexity index is 1310. The van der Waals surface area contributed by atoms with Gasteiger partial charge in [-0.15, -0.1) is 0 Å². The van der Waals surface area contributed by atoms with Crippen molar-refractivity contribution >= 4 is 29.1 Å². The first-order valence-electron chi connectivity index (χ1n) is 9.95. The number of pyridine rings is 1. The highest BCUT2D eigenvalue weighted by atomic mass is 35.5. The van der Waals surface area contributed by atoms with E-state index in [4.69, 9.17) is 16.0 Å². The summed E-state index contributed by atoms with van der Waals surface area (Å²) in [7, 11) is 0. The molecule has 0 bridgehead atoms. The minimum atomic E-state index is -4.70. The monoisotopic (exact) mass is 476 g/mol. The van der Waals surface area contributed by atoms with Crippen LogP contribution in [0.1, 0.15) is 22.5 Å². The van der Waals surface area contributed by atoms with E-state index in [1.54, 1.807) is 18.5 Å². The van der Waals surface area contributed by atoms with Crippen LogP contribution in [0.5, 0.6) is 0 Å². The lowest BCUT2D eigenvalue weighted by atomic mass is 10.1. The molecule has 0 spiro atoms. The molecule has 5 rings (SSSR count). The van der Waals surface area contributed by atoms with E-state index in [1.807, 2.05) is 0 Å². The molecule has 1 saturated heterocycles. The highest BCUT2D eigenvalue weighted by Gasteiger charge is 2.37. The van der Waals surface area contributed by atoms with Crippen molar-refractivity contribution in [2.45, 2.75) is 18.6 Å². The third-order valence-electron chi connectivity index (χ3n) is 5.40. The van der Waals surface area contributed by atoms with E-state index in [1.165, 1.54) is 29.7 Å². The Morgan fingerprint density at radius 1 is 1.24 bits per heavy atom. The van der Waals surface area contributed by atoms with Crippen LogP contribution in [0, 0.1) is 0 Å². The fraction of sp³-hybridized carbons (Fsp3) is 0.238. The fourth-order valence-corrected chi connectivity index (χ4v) is 4.07. The number of likely N-dealkylation sites (tertiary alicyclic amines) is 1. The zero-order valence-corrected chi connectivity index (χ0v) is 17.6. The number of anilines is 1. The maximum Gasteiger partial charge on any atom is 0.420 e. The van der Waals surface area contributed by atoms with Crippen molar-refractivity contribution in [3.63, 3.8) is 0 Å². The van der Waals surface area contributed by atoms with Gasteiger partial charge in [0.1, 0.15) is 5.15 Å². The summed E-state index contributed by atoms with van der Waals surface area (Å²) in [6, 6.07) is 4.08. The third-order valence-corrected chi connectivity index (χ3v) is 5.76. The van der Waals surface area contributed by atoms with Crippen LogP contribution in [0.2, 0.25) is 5.15 Å². The van der Waals surface area contributed by atoms with Crippen LogP contribution >= 0.6 is 11.6 Å². The van der Waals surface area contributed by atoms with E-state index >= 15 is 0 Å². The maximum atomic E-state index is 13.8. The quantitative estimate of drug-likeness (QED) is 0.470. The molecule has 1 unspecified atom stereocenters. The number of fused-ring (bicyclic) bond motifs is 1. The molecule has 0 saturated carbocycles. The Labute approximate surface area is 190 Å². The van der Waals surface area contributed by atoms with Crippen molar-refractivity contribution in [3.05, 3.63) is 65.7 Å². The summed E-state index contributed by atoms with van der Waals surface area (Å²) in [6.07, 6.45) is 3.20. The van der Waals surface area contributed by atoms with Gasteiger partial charge >= 0.3 is 6.18 Å². The molecule has 1 aliphatic rings. The molecule has 170 valence electrons. The van der Waals surface area contributed by atoms with Gasteiger partial charge in [0.05, 0.1) is 18.1 Å². The SMILES string of the molecule is O=C(c1nc2c(C(F)(F)F)cc(-c3ccoc3)cn2c1Cl)N1CCC(Nc2ncccn2)C1. The van der Waals surface area contributed by atoms with Gasteiger partial charge in [-0.3, -0.25) is 9.20 Å². The Balaban J connectivity index is 1.47. The number of hydrogen-bond donors (Lipinski definition) is 1. The first-order chi connectivity index (χ1) is 15.8. The lowest BCUT2D eigenvalue weighted by molar-refractivity contribution is -0.136. The molecule has 1 aliphatic heterocycles. The summed E-state index contributed by atoms with van der Waals surface area (Å²) in [5.74, 6) is -0.107. The van der Waals surface area contributed by atoms with E-state index in [2.05, 4.69) is 20.3 Å². The number of furan rings is 1. The second-order valence-electron chi connectivity index (χ2n) is 7.55. The summed E-state index contributed by atoms with van der Waals surface area (Å²) in [6.45, 7) is 0.702. The highest BCUT2D eigenvalue weighted by molar-refractivity contribution is 6.33. The average Bonchev–Trinajstić information content (AvgIpc) is 3.54. The molecular weight excluding hydrogens is 461 g/mol. The number of nitrogens with one attached hydrogen (secondary N) is 1. The van der Waals surface area contributed by atoms with Crippen LogP contribution in [0.25, 0.3) is 16.8 Å². The summed E-state index contributed by atoms with van der Waals surface area (Å²) in [5, 5.41) is 2.95. The minimum Gasteiger partial charge on any atom is -0.472 e. The van der Waals surface area contributed by atoms with Gasteiger partial charge in [-0.2, -0.15) is 13.2 Å². The molecule has 8 nitrogen and oxygen atoms in total. The van der Waals surface area contributed by atoms with Gasteiger partial charge in [0.15, 0.2) is 11.3 Å². The van der Waals surface area contributed by atoms with E-state index in [-0.39, 0.29) is 22.5 Å². The first kappa shape index (κ1) is 21.3. The Morgan fingerprint density at radius 2 is 2.03 bits per heavy atom. The number of nitrogens with zero attached hydrogens (tertiary/aromatic N) is 5. The lowest BCUT2D eigenvalue weighted by Gasteiger charge is -2.16. The number of aromatic nitrogens is 4. The second-order valence-corrected chi connectivity index (χ2v) is 7.91.